The normalized spacial score (nSPS) is 17.4. The number of fused-ring (bicyclic) bond motifs is 1. The predicted octanol–water partition coefficient (Wildman–Crippen LogP) is 1.02. The number of nitrogens with two attached hydrogens (primary N) is 1. The van der Waals surface area contributed by atoms with E-state index in [2.05, 4.69) is 10.5 Å². The summed E-state index contributed by atoms with van der Waals surface area (Å²) < 4.78 is 5.60. The highest BCUT2D eigenvalue weighted by atomic mass is 16.5. The lowest BCUT2D eigenvalue weighted by Gasteiger charge is -2.11. The van der Waals surface area contributed by atoms with Gasteiger partial charge in [0.25, 0.3) is 5.91 Å². The molecule has 4 N–H and O–H groups in total. The first-order valence-electron chi connectivity index (χ1n) is 6.69. The molecule has 0 radical (unpaired) electrons. The maximum Gasteiger partial charge on any atom is 0.261 e. The van der Waals surface area contributed by atoms with Crippen LogP contribution in [0.1, 0.15) is 24.8 Å². The first-order chi connectivity index (χ1) is 9.70. The van der Waals surface area contributed by atoms with E-state index in [-0.39, 0.29) is 11.7 Å². The van der Waals surface area contributed by atoms with Gasteiger partial charge in [-0.25, -0.2) is 0 Å². The zero-order valence-electron chi connectivity index (χ0n) is 11.2. The summed E-state index contributed by atoms with van der Waals surface area (Å²) >= 11 is 0. The van der Waals surface area contributed by atoms with Crippen molar-refractivity contribution in [2.45, 2.75) is 31.8 Å². The van der Waals surface area contributed by atoms with Gasteiger partial charge in [-0.15, -0.1) is 0 Å². The van der Waals surface area contributed by atoms with Crippen LogP contribution in [0.2, 0.25) is 0 Å². The summed E-state index contributed by atoms with van der Waals surface area (Å²) in [6, 6.07) is 7.68. The summed E-state index contributed by atoms with van der Waals surface area (Å²) in [6.45, 7) is 0.563. The molecule has 1 amide bonds. The van der Waals surface area contributed by atoms with E-state index in [1.165, 1.54) is 0 Å². The molecule has 1 aromatic carbocycles. The maximum absolute atomic E-state index is 11.9. The Kier molecular flexibility index (Phi) is 4.81. The molecule has 0 saturated heterocycles. The molecule has 2 rings (SSSR count). The molecule has 20 heavy (non-hydrogen) atoms. The Balaban J connectivity index is 1.67. The zero-order chi connectivity index (χ0) is 14.4. The van der Waals surface area contributed by atoms with Gasteiger partial charge in [0.2, 0.25) is 0 Å². The van der Waals surface area contributed by atoms with Crippen LogP contribution < -0.4 is 15.8 Å². The van der Waals surface area contributed by atoms with Crippen molar-refractivity contribution in [1.82, 2.24) is 5.32 Å². The number of carbonyl (C=O) groups is 1. The molecule has 1 unspecified atom stereocenters. The van der Waals surface area contributed by atoms with Crippen LogP contribution in [-0.4, -0.2) is 29.6 Å². The summed E-state index contributed by atoms with van der Waals surface area (Å²) in [6.07, 6.45) is 2.25. The number of oxime groups is 1. The second kappa shape index (κ2) is 6.79. The minimum Gasteiger partial charge on any atom is -0.480 e. The summed E-state index contributed by atoms with van der Waals surface area (Å²) in [4.78, 5) is 11.9. The Morgan fingerprint density at radius 1 is 1.45 bits per heavy atom. The number of hydrogen-bond donors (Lipinski definition) is 3. The molecule has 0 saturated carbocycles. The molecule has 1 atom stereocenters. The number of hydrogen-bond acceptors (Lipinski definition) is 4. The zero-order valence-corrected chi connectivity index (χ0v) is 11.2. The largest absolute Gasteiger partial charge is 0.480 e. The van der Waals surface area contributed by atoms with Gasteiger partial charge in [0, 0.05) is 19.4 Å². The second-order valence-corrected chi connectivity index (χ2v) is 4.76. The van der Waals surface area contributed by atoms with Crippen LogP contribution in [-0.2, 0) is 11.2 Å². The number of rotatable bonds is 6. The van der Waals surface area contributed by atoms with Crippen molar-refractivity contribution in [3.63, 3.8) is 0 Å². The van der Waals surface area contributed by atoms with Crippen molar-refractivity contribution in [3.05, 3.63) is 29.8 Å². The van der Waals surface area contributed by atoms with E-state index in [4.69, 9.17) is 15.7 Å². The molecule has 1 aliphatic rings. The maximum atomic E-state index is 11.9. The molecular weight excluding hydrogens is 258 g/mol. The minimum atomic E-state index is -0.434. The van der Waals surface area contributed by atoms with E-state index in [9.17, 15) is 4.79 Å². The van der Waals surface area contributed by atoms with Gasteiger partial charge in [0.15, 0.2) is 6.10 Å². The Labute approximate surface area is 117 Å². The number of benzene rings is 1. The van der Waals surface area contributed by atoms with Gasteiger partial charge >= 0.3 is 0 Å². The first-order valence-corrected chi connectivity index (χ1v) is 6.69. The highest BCUT2D eigenvalue weighted by Gasteiger charge is 2.28. The molecule has 0 aromatic heterocycles. The van der Waals surface area contributed by atoms with Crippen LogP contribution in [0, 0.1) is 0 Å². The summed E-state index contributed by atoms with van der Waals surface area (Å²) in [7, 11) is 0. The summed E-state index contributed by atoms with van der Waals surface area (Å²) in [5.74, 6) is 0.912. The van der Waals surface area contributed by atoms with Gasteiger partial charge in [-0.3, -0.25) is 4.79 Å². The van der Waals surface area contributed by atoms with Crippen LogP contribution in [0.25, 0.3) is 0 Å². The number of nitrogens with zero attached hydrogens (tertiary/aromatic N) is 1. The highest BCUT2D eigenvalue weighted by Crippen LogP contribution is 2.27. The van der Waals surface area contributed by atoms with Gasteiger partial charge in [-0.05, 0) is 24.5 Å². The molecule has 6 heteroatoms. The first kappa shape index (κ1) is 14.2. The van der Waals surface area contributed by atoms with E-state index in [1.807, 2.05) is 24.3 Å². The summed E-state index contributed by atoms with van der Waals surface area (Å²) in [5, 5.41) is 14.1. The Morgan fingerprint density at radius 2 is 2.25 bits per heavy atom. The molecular formula is C14H19N3O3. The third kappa shape index (κ3) is 3.63. The van der Waals surface area contributed by atoms with Crippen LogP contribution in [0.15, 0.2) is 29.4 Å². The lowest BCUT2D eigenvalue weighted by molar-refractivity contribution is -0.127. The van der Waals surface area contributed by atoms with E-state index >= 15 is 0 Å². The third-order valence-electron chi connectivity index (χ3n) is 3.23. The average molecular weight is 277 g/mol. The van der Waals surface area contributed by atoms with Crippen molar-refractivity contribution in [2.75, 3.05) is 6.54 Å². The SMILES string of the molecule is NC(CCCCNC(=O)C1Cc2ccccc2O1)=NO. The van der Waals surface area contributed by atoms with Crippen LogP contribution in [0.3, 0.4) is 0 Å². The van der Waals surface area contributed by atoms with E-state index in [1.54, 1.807) is 0 Å². The number of amides is 1. The second-order valence-electron chi connectivity index (χ2n) is 4.76. The van der Waals surface area contributed by atoms with Crippen LogP contribution >= 0.6 is 0 Å². The number of carbonyl (C=O) groups excluding carboxylic acids is 1. The Morgan fingerprint density at radius 3 is 3.00 bits per heavy atom. The molecule has 108 valence electrons. The number of amidine groups is 1. The standard InChI is InChI=1S/C14H19N3O3/c15-13(17-19)7-3-4-8-16-14(18)12-9-10-5-1-2-6-11(10)20-12/h1-2,5-6,12,19H,3-4,7-9H2,(H2,15,17)(H,16,18). The predicted molar refractivity (Wildman–Crippen MR) is 74.8 cm³/mol. The molecule has 1 aliphatic heterocycles. The van der Waals surface area contributed by atoms with Gasteiger partial charge in [0.1, 0.15) is 11.6 Å². The van der Waals surface area contributed by atoms with Crippen LogP contribution in [0.5, 0.6) is 5.75 Å². The topological polar surface area (TPSA) is 96.9 Å². The average Bonchev–Trinajstić information content (AvgIpc) is 2.90. The molecule has 1 heterocycles. The van der Waals surface area contributed by atoms with Crippen molar-refractivity contribution >= 4 is 11.7 Å². The number of para-hydroxylation sites is 1. The minimum absolute atomic E-state index is 0.0926. The van der Waals surface area contributed by atoms with Gasteiger partial charge in [-0.1, -0.05) is 23.4 Å². The molecule has 0 bridgehead atoms. The monoisotopic (exact) mass is 277 g/mol. The van der Waals surface area contributed by atoms with E-state index in [0.717, 1.165) is 24.2 Å². The smallest absolute Gasteiger partial charge is 0.261 e. The van der Waals surface area contributed by atoms with Crippen molar-refractivity contribution in [3.8, 4) is 5.75 Å². The fourth-order valence-electron chi connectivity index (χ4n) is 2.13. The Hall–Kier alpha value is -2.24. The molecule has 0 fully saturated rings. The van der Waals surface area contributed by atoms with Gasteiger partial charge < -0.3 is 21.0 Å². The van der Waals surface area contributed by atoms with Crippen molar-refractivity contribution in [2.24, 2.45) is 10.9 Å². The summed E-state index contributed by atoms with van der Waals surface area (Å²) in [5.41, 5.74) is 6.42. The highest BCUT2D eigenvalue weighted by molar-refractivity contribution is 5.82. The fourth-order valence-corrected chi connectivity index (χ4v) is 2.13. The quantitative estimate of drug-likeness (QED) is 0.238. The number of unbranched alkanes of at least 4 members (excludes halogenated alkanes) is 1. The van der Waals surface area contributed by atoms with Gasteiger partial charge in [-0.2, -0.15) is 0 Å². The van der Waals surface area contributed by atoms with Crippen LogP contribution in [0.4, 0.5) is 0 Å². The number of ether oxygens (including phenoxy) is 1. The van der Waals surface area contributed by atoms with Crippen molar-refractivity contribution in [1.29, 1.82) is 0 Å². The Bertz CT molecular complexity index is 477. The molecule has 0 spiro atoms. The molecule has 6 nitrogen and oxygen atoms in total. The van der Waals surface area contributed by atoms with Crippen molar-refractivity contribution < 1.29 is 14.7 Å². The lowest BCUT2D eigenvalue weighted by atomic mass is 10.1. The van der Waals surface area contributed by atoms with Gasteiger partial charge in [0.05, 0.1) is 0 Å². The third-order valence-corrected chi connectivity index (χ3v) is 3.23. The number of nitrogens with one attached hydrogen (secondary N) is 1. The molecule has 0 aliphatic carbocycles. The fraction of sp³-hybridized carbons (Fsp3) is 0.429. The van der Waals surface area contributed by atoms with E-state index in [0.29, 0.717) is 19.4 Å². The lowest BCUT2D eigenvalue weighted by Crippen LogP contribution is -2.37. The molecule has 1 aromatic rings. The van der Waals surface area contributed by atoms with E-state index < -0.39 is 6.10 Å².